The van der Waals surface area contributed by atoms with Gasteiger partial charge in [0.25, 0.3) is 5.56 Å². The molecule has 0 unspecified atom stereocenters. The highest BCUT2D eigenvalue weighted by molar-refractivity contribution is 7.18. The zero-order valence-electron chi connectivity index (χ0n) is 16.7. The molecule has 0 aliphatic rings. The summed E-state index contributed by atoms with van der Waals surface area (Å²) in [7, 11) is 2.35. The number of fused-ring (bicyclic) bond motifs is 1. The normalized spacial score (nSPS) is 10.6. The second-order valence-corrected chi connectivity index (χ2v) is 7.36. The highest BCUT2D eigenvalue weighted by Gasteiger charge is 2.28. The number of para-hydroxylation sites is 1. The number of ether oxygens (including phenoxy) is 3. The van der Waals surface area contributed by atoms with Crippen molar-refractivity contribution in [1.29, 1.82) is 0 Å². The highest BCUT2D eigenvalue weighted by atomic mass is 32.1. The van der Waals surface area contributed by atoms with Gasteiger partial charge in [-0.15, -0.1) is 11.3 Å². The maximum Gasteiger partial charge on any atom is 0.348 e. The Morgan fingerprint density at radius 3 is 2.55 bits per heavy atom. The number of nitrogens with two attached hydrogens (primary N) is 1. The number of nitrogen functional groups attached to an aromatic ring is 1. The molecule has 1 aromatic carbocycles. The molecule has 0 saturated carbocycles. The summed E-state index contributed by atoms with van der Waals surface area (Å²) in [6, 6.07) is 6.88. The molecule has 162 valence electrons. The van der Waals surface area contributed by atoms with Crippen LogP contribution in [-0.2, 0) is 32.2 Å². The molecule has 0 atom stereocenters. The molecule has 0 saturated heterocycles. The van der Waals surface area contributed by atoms with E-state index in [9.17, 15) is 19.2 Å². The molecule has 0 amide bonds. The number of methoxy groups -OCH3 is 2. The quantitative estimate of drug-likeness (QED) is 0.425. The van der Waals surface area contributed by atoms with Gasteiger partial charge in [0.05, 0.1) is 37.9 Å². The van der Waals surface area contributed by atoms with Crippen molar-refractivity contribution in [2.24, 2.45) is 0 Å². The van der Waals surface area contributed by atoms with E-state index >= 15 is 0 Å². The summed E-state index contributed by atoms with van der Waals surface area (Å²) < 4.78 is 15.9. The van der Waals surface area contributed by atoms with Gasteiger partial charge in [0.15, 0.2) is 0 Å². The standard InChI is InChI=1S/C20H19N3O7S/c1-28-19(26)15-12(16(20(27)29-2)31-17(15)21)9-30-14(24)7-8-23-10-22-13-6-4-3-5-11(13)18(23)25/h3-6,10H,7-9,21H2,1-2H3. The van der Waals surface area contributed by atoms with Gasteiger partial charge in [-0.05, 0) is 12.1 Å². The van der Waals surface area contributed by atoms with E-state index in [1.807, 2.05) is 0 Å². The van der Waals surface area contributed by atoms with E-state index in [4.69, 9.17) is 19.9 Å². The SMILES string of the molecule is COC(=O)c1sc(N)c(C(=O)OC)c1COC(=O)CCn1cnc2ccccc2c1=O. The van der Waals surface area contributed by atoms with Gasteiger partial charge in [-0.2, -0.15) is 0 Å². The van der Waals surface area contributed by atoms with Crippen molar-refractivity contribution < 1.29 is 28.6 Å². The van der Waals surface area contributed by atoms with Crippen LogP contribution < -0.4 is 11.3 Å². The number of thiophene rings is 1. The van der Waals surface area contributed by atoms with E-state index in [1.165, 1.54) is 25.1 Å². The first-order valence-corrected chi connectivity index (χ1v) is 9.86. The summed E-state index contributed by atoms with van der Waals surface area (Å²) in [5, 5.41) is 0.490. The Morgan fingerprint density at radius 2 is 1.84 bits per heavy atom. The molecular formula is C20H19N3O7S. The number of carbonyl (C=O) groups excluding carboxylic acids is 3. The Labute approximate surface area is 180 Å². The van der Waals surface area contributed by atoms with Crippen molar-refractivity contribution >= 4 is 45.1 Å². The lowest BCUT2D eigenvalue weighted by Gasteiger charge is -2.09. The first-order chi connectivity index (χ1) is 14.9. The third kappa shape index (κ3) is 4.56. The first-order valence-electron chi connectivity index (χ1n) is 9.05. The number of hydrogen-bond donors (Lipinski definition) is 1. The Kier molecular flexibility index (Phi) is 6.65. The van der Waals surface area contributed by atoms with Crippen LogP contribution in [0.1, 0.15) is 32.0 Å². The van der Waals surface area contributed by atoms with Gasteiger partial charge in [-0.3, -0.25) is 14.2 Å². The van der Waals surface area contributed by atoms with Crippen LogP contribution in [0.25, 0.3) is 10.9 Å². The molecule has 11 heteroatoms. The maximum atomic E-state index is 12.5. The summed E-state index contributed by atoms with van der Waals surface area (Å²) in [6.45, 7) is -0.332. The summed E-state index contributed by atoms with van der Waals surface area (Å²) >= 11 is 0.840. The van der Waals surface area contributed by atoms with Crippen LogP contribution in [0.3, 0.4) is 0 Å². The largest absolute Gasteiger partial charge is 0.465 e. The minimum Gasteiger partial charge on any atom is -0.465 e. The van der Waals surface area contributed by atoms with Crippen LogP contribution >= 0.6 is 11.3 Å². The lowest BCUT2D eigenvalue weighted by molar-refractivity contribution is -0.145. The topological polar surface area (TPSA) is 140 Å². The second-order valence-electron chi connectivity index (χ2n) is 6.30. The van der Waals surface area contributed by atoms with Gasteiger partial charge in [0.1, 0.15) is 22.0 Å². The average molecular weight is 445 g/mol. The molecule has 10 nitrogen and oxygen atoms in total. The van der Waals surface area contributed by atoms with Gasteiger partial charge in [-0.25, -0.2) is 14.6 Å². The number of hydrogen-bond acceptors (Lipinski definition) is 10. The summed E-state index contributed by atoms with van der Waals surface area (Å²) in [5.41, 5.74) is 6.19. The van der Waals surface area contributed by atoms with Gasteiger partial charge in [0, 0.05) is 12.1 Å². The smallest absolute Gasteiger partial charge is 0.348 e. The maximum absolute atomic E-state index is 12.5. The fourth-order valence-electron chi connectivity index (χ4n) is 2.91. The highest BCUT2D eigenvalue weighted by Crippen LogP contribution is 2.33. The molecule has 31 heavy (non-hydrogen) atoms. The number of anilines is 1. The van der Waals surface area contributed by atoms with Crippen molar-refractivity contribution in [3.05, 3.63) is 57.0 Å². The van der Waals surface area contributed by atoms with Crippen molar-refractivity contribution in [3.63, 3.8) is 0 Å². The lowest BCUT2D eigenvalue weighted by atomic mass is 10.1. The summed E-state index contributed by atoms with van der Waals surface area (Å²) in [6.07, 6.45) is 1.24. The molecule has 0 bridgehead atoms. The van der Waals surface area contributed by atoms with E-state index in [1.54, 1.807) is 24.3 Å². The Morgan fingerprint density at radius 1 is 1.13 bits per heavy atom. The molecule has 0 aliphatic carbocycles. The molecule has 0 radical (unpaired) electrons. The monoisotopic (exact) mass is 445 g/mol. The average Bonchev–Trinajstić information content (AvgIpc) is 3.12. The van der Waals surface area contributed by atoms with E-state index in [2.05, 4.69) is 4.98 Å². The van der Waals surface area contributed by atoms with Gasteiger partial charge >= 0.3 is 17.9 Å². The third-order valence-electron chi connectivity index (χ3n) is 4.46. The number of rotatable bonds is 7. The number of nitrogens with zero attached hydrogens (tertiary/aromatic N) is 2. The molecule has 0 aliphatic heterocycles. The number of aromatic nitrogens is 2. The molecule has 0 spiro atoms. The number of aryl methyl sites for hydroxylation is 1. The van der Waals surface area contributed by atoms with E-state index < -0.39 is 17.9 Å². The van der Waals surface area contributed by atoms with Crippen LogP contribution in [0.4, 0.5) is 5.00 Å². The van der Waals surface area contributed by atoms with Crippen LogP contribution in [0.2, 0.25) is 0 Å². The third-order valence-corrected chi connectivity index (χ3v) is 5.50. The minimum atomic E-state index is -0.760. The lowest BCUT2D eigenvalue weighted by Crippen LogP contribution is -2.22. The van der Waals surface area contributed by atoms with Gasteiger partial charge < -0.3 is 19.9 Å². The van der Waals surface area contributed by atoms with E-state index in [-0.39, 0.29) is 46.1 Å². The van der Waals surface area contributed by atoms with Crippen LogP contribution in [-0.4, -0.2) is 41.7 Å². The van der Waals surface area contributed by atoms with Crippen LogP contribution in [0, 0.1) is 0 Å². The van der Waals surface area contributed by atoms with Crippen molar-refractivity contribution in [2.75, 3.05) is 20.0 Å². The zero-order chi connectivity index (χ0) is 22.5. The Balaban J connectivity index is 1.73. The molecule has 2 N–H and O–H groups in total. The van der Waals surface area contributed by atoms with Crippen molar-refractivity contribution in [2.45, 2.75) is 19.6 Å². The van der Waals surface area contributed by atoms with Crippen molar-refractivity contribution in [3.8, 4) is 0 Å². The van der Waals surface area contributed by atoms with Crippen LogP contribution in [0.15, 0.2) is 35.4 Å². The van der Waals surface area contributed by atoms with Gasteiger partial charge in [0.2, 0.25) is 0 Å². The van der Waals surface area contributed by atoms with Gasteiger partial charge in [-0.1, -0.05) is 12.1 Å². The molecule has 2 aromatic heterocycles. The predicted octanol–water partition coefficient (Wildman–Crippen LogP) is 1.75. The second kappa shape index (κ2) is 9.39. The Bertz CT molecular complexity index is 1220. The number of esters is 3. The predicted molar refractivity (Wildman–Crippen MR) is 112 cm³/mol. The molecular weight excluding hydrogens is 426 g/mol. The summed E-state index contributed by atoms with van der Waals surface area (Å²) in [4.78, 5) is 53.0. The number of carbonyl (C=O) groups is 3. The van der Waals surface area contributed by atoms with Crippen LogP contribution in [0.5, 0.6) is 0 Å². The first kappa shape index (κ1) is 22.0. The Hall–Kier alpha value is -3.73. The van der Waals surface area contributed by atoms with E-state index in [0.29, 0.717) is 10.9 Å². The molecule has 0 fully saturated rings. The molecule has 3 aromatic rings. The summed E-state index contributed by atoms with van der Waals surface area (Å²) in [5.74, 6) is -2.12. The number of benzene rings is 1. The molecule has 3 rings (SSSR count). The zero-order valence-corrected chi connectivity index (χ0v) is 17.6. The fourth-order valence-corrected chi connectivity index (χ4v) is 3.89. The minimum absolute atomic E-state index is 0.0446. The van der Waals surface area contributed by atoms with E-state index in [0.717, 1.165) is 11.3 Å². The van der Waals surface area contributed by atoms with Crippen molar-refractivity contribution in [1.82, 2.24) is 9.55 Å². The fraction of sp³-hybridized carbons (Fsp3) is 0.250. The molecule has 2 heterocycles.